The third-order valence-corrected chi connectivity index (χ3v) is 4.15. The number of para-hydroxylation sites is 1. The Morgan fingerprint density at radius 2 is 1.95 bits per heavy atom. The van der Waals surface area contributed by atoms with Crippen LogP contribution in [-0.2, 0) is 0 Å². The van der Waals surface area contributed by atoms with Gasteiger partial charge in [0.1, 0.15) is 12.4 Å². The van der Waals surface area contributed by atoms with Crippen molar-refractivity contribution in [1.82, 2.24) is 5.32 Å². The maximum Gasteiger partial charge on any atom is 0.171 e. The van der Waals surface area contributed by atoms with Crippen molar-refractivity contribution in [2.75, 3.05) is 11.9 Å². The molecule has 0 heterocycles. The zero-order valence-electron chi connectivity index (χ0n) is 12.6. The first-order chi connectivity index (χ1) is 10.5. The highest BCUT2D eigenvalue weighted by molar-refractivity contribution is 9.10. The minimum Gasteiger partial charge on any atom is -0.491 e. The lowest BCUT2D eigenvalue weighted by Gasteiger charge is -2.18. The fraction of sp³-hybridized carbons (Fsp3) is 0.235. The molecule has 0 fully saturated rings. The van der Waals surface area contributed by atoms with Crippen LogP contribution in [0.1, 0.15) is 12.5 Å². The second kappa shape index (κ2) is 8.15. The van der Waals surface area contributed by atoms with E-state index in [4.69, 9.17) is 17.0 Å². The maximum atomic E-state index is 5.70. The summed E-state index contributed by atoms with van der Waals surface area (Å²) < 4.78 is 6.78. The summed E-state index contributed by atoms with van der Waals surface area (Å²) >= 11 is 8.82. The van der Waals surface area contributed by atoms with Crippen LogP contribution in [0.15, 0.2) is 53.0 Å². The molecule has 0 aliphatic carbocycles. The Kier molecular flexibility index (Phi) is 6.21. The van der Waals surface area contributed by atoms with E-state index in [2.05, 4.69) is 26.6 Å². The average Bonchev–Trinajstić information content (AvgIpc) is 2.50. The molecular formula is C17H19BrN2OS. The largest absolute Gasteiger partial charge is 0.491 e. The second-order valence-corrected chi connectivity index (χ2v) is 6.35. The van der Waals surface area contributed by atoms with Crippen LogP contribution >= 0.6 is 28.1 Å². The van der Waals surface area contributed by atoms with Gasteiger partial charge in [-0.2, -0.15) is 0 Å². The average molecular weight is 379 g/mol. The molecule has 2 aromatic rings. The third-order valence-electron chi connectivity index (χ3n) is 3.04. The summed E-state index contributed by atoms with van der Waals surface area (Å²) in [6.07, 6.45) is 0. The molecule has 2 rings (SSSR count). The molecule has 2 N–H and O–H groups in total. The summed E-state index contributed by atoms with van der Waals surface area (Å²) in [5.41, 5.74) is 2.13. The van der Waals surface area contributed by atoms with Crippen LogP contribution in [0.5, 0.6) is 5.75 Å². The highest BCUT2D eigenvalue weighted by atomic mass is 79.9. The number of benzene rings is 2. The number of nitrogens with one attached hydrogen (secondary N) is 2. The molecule has 1 atom stereocenters. The van der Waals surface area contributed by atoms with Crippen LogP contribution in [-0.4, -0.2) is 17.8 Å². The molecule has 5 heteroatoms. The molecule has 0 saturated carbocycles. The number of hydrogen-bond donors (Lipinski definition) is 2. The fourth-order valence-electron chi connectivity index (χ4n) is 1.89. The van der Waals surface area contributed by atoms with E-state index >= 15 is 0 Å². The Labute approximate surface area is 145 Å². The first-order valence-electron chi connectivity index (χ1n) is 7.06. The fourth-order valence-corrected chi connectivity index (χ4v) is 2.46. The molecule has 0 radical (unpaired) electrons. The molecule has 0 aliphatic heterocycles. The monoisotopic (exact) mass is 378 g/mol. The summed E-state index contributed by atoms with van der Waals surface area (Å²) in [5, 5.41) is 6.99. The normalized spacial score (nSPS) is 11.6. The molecule has 22 heavy (non-hydrogen) atoms. The van der Waals surface area contributed by atoms with Crippen molar-refractivity contribution < 1.29 is 4.74 Å². The van der Waals surface area contributed by atoms with Gasteiger partial charge in [-0.05, 0) is 62.0 Å². The molecule has 116 valence electrons. The third kappa shape index (κ3) is 5.31. The van der Waals surface area contributed by atoms with Crippen molar-refractivity contribution in [2.45, 2.75) is 19.9 Å². The molecule has 0 unspecified atom stereocenters. The van der Waals surface area contributed by atoms with Crippen molar-refractivity contribution in [3.63, 3.8) is 0 Å². The quantitative estimate of drug-likeness (QED) is 0.749. The number of halogens is 1. The summed E-state index contributed by atoms with van der Waals surface area (Å²) in [6, 6.07) is 15.9. The lowest BCUT2D eigenvalue weighted by Crippen LogP contribution is -2.39. The number of thiocarbonyl (C=S) groups is 1. The summed E-state index contributed by atoms with van der Waals surface area (Å²) in [7, 11) is 0. The van der Waals surface area contributed by atoms with E-state index in [0.29, 0.717) is 11.7 Å². The van der Waals surface area contributed by atoms with Gasteiger partial charge in [0, 0.05) is 10.2 Å². The van der Waals surface area contributed by atoms with E-state index in [1.165, 1.54) is 0 Å². The summed E-state index contributed by atoms with van der Waals surface area (Å²) in [6.45, 7) is 4.62. The summed E-state index contributed by atoms with van der Waals surface area (Å²) in [5.74, 6) is 0.860. The highest BCUT2D eigenvalue weighted by Gasteiger charge is 2.06. The van der Waals surface area contributed by atoms with E-state index in [-0.39, 0.29) is 6.04 Å². The van der Waals surface area contributed by atoms with Gasteiger partial charge in [-0.15, -0.1) is 0 Å². The minimum atomic E-state index is 0.108. The van der Waals surface area contributed by atoms with Gasteiger partial charge >= 0.3 is 0 Å². The second-order valence-electron chi connectivity index (χ2n) is 5.09. The van der Waals surface area contributed by atoms with Gasteiger partial charge in [0.25, 0.3) is 0 Å². The number of aryl methyl sites for hydroxylation is 1. The first-order valence-corrected chi connectivity index (χ1v) is 8.26. The molecule has 0 bridgehead atoms. The maximum absolute atomic E-state index is 5.70. The van der Waals surface area contributed by atoms with Crippen molar-refractivity contribution in [1.29, 1.82) is 0 Å². The molecule has 0 spiro atoms. The van der Waals surface area contributed by atoms with Gasteiger partial charge < -0.3 is 15.4 Å². The van der Waals surface area contributed by atoms with E-state index in [1.54, 1.807) is 0 Å². The van der Waals surface area contributed by atoms with Gasteiger partial charge in [-0.3, -0.25) is 0 Å². The number of anilines is 1. The van der Waals surface area contributed by atoms with Gasteiger partial charge in [-0.25, -0.2) is 0 Å². The van der Waals surface area contributed by atoms with Gasteiger partial charge in [0.2, 0.25) is 0 Å². The molecule has 3 nitrogen and oxygen atoms in total. The Morgan fingerprint density at radius 3 is 2.64 bits per heavy atom. The zero-order chi connectivity index (χ0) is 15.9. The van der Waals surface area contributed by atoms with Crippen molar-refractivity contribution in [2.24, 2.45) is 0 Å². The van der Waals surface area contributed by atoms with E-state index in [0.717, 1.165) is 21.5 Å². The van der Waals surface area contributed by atoms with Crippen LogP contribution in [0, 0.1) is 6.92 Å². The summed E-state index contributed by atoms with van der Waals surface area (Å²) in [4.78, 5) is 0. The Hall–Kier alpha value is -1.59. The smallest absolute Gasteiger partial charge is 0.171 e. The zero-order valence-corrected chi connectivity index (χ0v) is 15.0. The van der Waals surface area contributed by atoms with Crippen LogP contribution in [0.25, 0.3) is 0 Å². The number of rotatable bonds is 5. The van der Waals surface area contributed by atoms with Crippen LogP contribution in [0.2, 0.25) is 0 Å². The van der Waals surface area contributed by atoms with Crippen LogP contribution < -0.4 is 15.4 Å². The number of hydrogen-bond acceptors (Lipinski definition) is 2. The Bertz CT molecular complexity index is 634. The van der Waals surface area contributed by atoms with Crippen LogP contribution in [0.3, 0.4) is 0 Å². The number of ether oxygens (including phenoxy) is 1. The predicted octanol–water partition coefficient (Wildman–Crippen LogP) is 4.51. The molecule has 0 saturated heterocycles. The van der Waals surface area contributed by atoms with Gasteiger partial charge in [0.15, 0.2) is 5.11 Å². The van der Waals surface area contributed by atoms with Crippen molar-refractivity contribution in [3.05, 3.63) is 58.6 Å². The first kappa shape index (κ1) is 16.8. The molecule has 0 aliphatic rings. The van der Waals surface area contributed by atoms with Crippen LogP contribution in [0.4, 0.5) is 5.69 Å². The lowest BCUT2D eigenvalue weighted by atomic mass is 10.2. The predicted molar refractivity (Wildman–Crippen MR) is 99.6 cm³/mol. The van der Waals surface area contributed by atoms with E-state index < -0.39 is 0 Å². The molecule has 0 amide bonds. The minimum absolute atomic E-state index is 0.108. The van der Waals surface area contributed by atoms with E-state index in [9.17, 15) is 0 Å². The van der Waals surface area contributed by atoms with Crippen molar-refractivity contribution in [3.8, 4) is 5.75 Å². The Balaban J connectivity index is 1.79. The standard InChI is InChI=1S/C17H19BrN2OS/c1-12-10-14(8-9-16(12)18)20-17(22)19-13(2)11-21-15-6-4-3-5-7-15/h3-10,13H,11H2,1-2H3,(H2,19,20,22)/t13-/m1/s1. The SMILES string of the molecule is Cc1cc(NC(=S)N[C@H](C)COc2ccccc2)ccc1Br. The molecule has 2 aromatic carbocycles. The molecular weight excluding hydrogens is 360 g/mol. The van der Waals surface area contributed by atoms with E-state index in [1.807, 2.05) is 62.4 Å². The molecule has 0 aromatic heterocycles. The van der Waals surface area contributed by atoms with Gasteiger partial charge in [-0.1, -0.05) is 34.1 Å². The Morgan fingerprint density at radius 1 is 1.23 bits per heavy atom. The highest BCUT2D eigenvalue weighted by Crippen LogP contribution is 2.19. The lowest BCUT2D eigenvalue weighted by molar-refractivity contribution is 0.287. The van der Waals surface area contributed by atoms with Crippen molar-refractivity contribution >= 4 is 38.9 Å². The van der Waals surface area contributed by atoms with Gasteiger partial charge in [0.05, 0.1) is 6.04 Å². The topological polar surface area (TPSA) is 33.3 Å².